The monoisotopic (exact) mass is 294 g/mol. The third kappa shape index (κ3) is 4.79. The summed E-state index contributed by atoms with van der Waals surface area (Å²) in [5.74, 6) is 1.75. The molecule has 5 heteroatoms. The van der Waals surface area contributed by atoms with Gasteiger partial charge in [0.1, 0.15) is 18.1 Å². The van der Waals surface area contributed by atoms with Crippen LogP contribution < -0.4 is 19.7 Å². The normalized spacial score (nSPS) is 15.3. The fourth-order valence-electron chi connectivity index (χ4n) is 2.33. The van der Waals surface area contributed by atoms with E-state index in [2.05, 4.69) is 10.2 Å². The van der Waals surface area contributed by atoms with Gasteiger partial charge in [-0.25, -0.2) is 0 Å². The smallest absolute Gasteiger partial charge is 0.142 e. The Labute approximate surface area is 127 Å². The van der Waals surface area contributed by atoms with Gasteiger partial charge in [0.15, 0.2) is 0 Å². The standard InChI is InChI=1S/C16H26N2O3/c1-13(2)20-10-11-21-16-5-4-14(19-3)12-15(16)18-8-6-17-7-9-18/h4-5,12-13,17H,6-11H2,1-3H3. The molecule has 5 nitrogen and oxygen atoms in total. The van der Waals surface area contributed by atoms with E-state index in [4.69, 9.17) is 14.2 Å². The van der Waals surface area contributed by atoms with Gasteiger partial charge in [-0.15, -0.1) is 0 Å². The van der Waals surface area contributed by atoms with E-state index in [-0.39, 0.29) is 6.10 Å². The van der Waals surface area contributed by atoms with E-state index < -0.39 is 0 Å². The van der Waals surface area contributed by atoms with Gasteiger partial charge in [0.2, 0.25) is 0 Å². The molecule has 0 aliphatic carbocycles. The summed E-state index contributed by atoms with van der Waals surface area (Å²) in [4.78, 5) is 2.33. The van der Waals surface area contributed by atoms with Gasteiger partial charge >= 0.3 is 0 Å². The van der Waals surface area contributed by atoms with Crippen LogP contribution in [0.15, 0.2) is 18.2 Å². The predicted octanol–water partition coefficient (Wildman–Crippen LogP) is 1.91. The molecule has 1 N–H and O–H groups in total. The van der Waals surface area contributed by atoms with Crippen LogP contribution in [0.1, 0.15) is 13.8 Å². The summed E-state index contributed by atoms with van der Waals surface area (Å²) in [5.41, 5.74) is 1.10. The van der Waals surface area contributed by atoms with Crippen molar-refractivity contribution in [2.24, 2.45) is 0 Å². The molecule has 0 saturated carbocycles. The first-order valence-corrected chi connectivity index (χ1v) is 7.59. The van der Waals surface area contributed by atoms with Gasteiger partial charge in [0, 0.05) is 32.2 Å². The Balaban J connectivity index is 2.03. The van der Waals surface area contributed by atoms with E-state index >= 15 is 0 Å². The molecule has 0 aromatic heterocycles. The molecule has 0 atom stereocenters. The van der Waals surface area contributed by atoms with Crippen LogP contribution in [-0.4, -0.2) is 52.6 Å². The number of nitrogens with one attached hydrogen (secondary N) is 1. The molecule has 118 valence electrons. The zero-order valence-electron chi connectivity index (χ0n) is 13.2. The molecule has 1 heterocycles. The van der Waals surface area contributed by atoms with Crippen LogP contribution in [0.4, 0.5) is 5.69 Å². The third-order valence-electron chi connectivity index (χ3n) is 3.42. The Morgan fingerprint density at radius 2 is 1.95 bits per heavy atom. The zero-order chi connectivity index (χ0) is 15.1. The molecule has 1 aliphatic rings. The minimum atomic E-state index is 0.233. The van der Waals surface area contributed by atoms with Crippen molar-refractivity contribution in [3.63, 3.8) is 0 Å². The SMILES string of the molecule is COc1ccc(OCCOC(C)C)c(N2CCNCC2)c1. The second kappa shape index (κ2) is 8.10. The molecule has 1 aliphatic heterocycles. The quantitative estimate of drug-likeness (QED) is 0.778. The molecular weight excluding hydrogens is 268 g/mol. The molecule has 2 rings (SSSR count). The Hall–Kier alpha value is -1.46. The molecule has 0 spiro atoms. The van der Waals surface area contributed by atoms with E-state index in [9.17, 15) is 0 Å². The number of rotatable bonds is 7. The molecule has 1 aromatic carbocycles. The molecule has 0 amide bonds. The van der Waals surface area contributed by atoms with E-state index in [0.29, 0.717) is 13.2 Å². The lowest BCUT2D eigenvalue weighted by Gasteiger charge is -2.31. The summed E-state index contributed by atoms with van der Waals surface area (Å²) in [6, 6.07) is 5.96. The van der Waals surface area contributed by atoms with Crippen molar-refractivity contribution in [1.82, 2.24) is 5.32 Å². The number of anilines is 1. The molecule has 1 fully saturated rings. The van der Waals surface area contributed by atoms with Gasteiger partial charge < -0.3 is 24.4 Å². The van der Waals surface area contributed by atoms with Crippen LogP contribution in [0.2, 0.25) is 0 Å². The Kier molecular flexibility index (Phi) is 6.14. The number of hydrogen-bond donors (Lipinski definition) is 1. The van der Waals surface area contributed by atoms with Crippen molar-refractivity contribution in [2.45, 2.75) is 20.0 Å². The van der Waals surface area contributed by atoms with Crippen molar-refractivity contribution >= 4 is 5.69 Å². The van der Waals surface area contributed by atoms with Gasteiger partial charge in [0.25, 0.3) is 0 Å². The average Bonchev–Trinajstić information content (AvgIpc) is 2.52. The highest BCUT2D eigenvalue weighted by molar-refractivity contribution is 5.62. The number of benzene rings is 1. The number of ether oxygens (including phenoxy) is 3. The molecule has 1 saturated heterocycles. The summed E-state index contributed by atoms with van der Waals surface area (Å²) in [6.07, 6.45) is 0.233. The number of nitrogens with zero attached hydrogens (tertiary/aromatic N) is 1. The van der Waals surface area contributed by atoms with Crippen LogP contribution in [0.3, 0.4) is 0 Å². The lowest BCUT2D eigenvalue weighted by atomic mass is 10.2. The minimum absolute atomic E-state index is 0.233. The van der Waals surface area contributed by atoms with Crippen LogP contribution in [-0.2, 0) is 4.74 Å². The molecule has 1 aromatic rings. The molecule has 0 bridgehead atoms. The van der Waals surface area contributed by atoms with Crippen molar-refractivity contribution in [3.8, 4) is 11.5 Å². The van der Waals surface area contributed by atoms with Gasteiger partial charge in [-0.2, -0.15) is 0 Å². The van der Waals surface area contributed by atoms with E-state index in [0.717, 1.165) is 43.4 Å². The Bertz CT molecular complexity index is 432. The summed E-state index contributed by atoms with van der Waals surface area (Å²) in [7, 11) is 1.69. The minimum Gasteiger partial charge on any atom is -0.497 e. The maximum atomic E-state index is 5.90. The summed E-state index contributed by atoms with van der Waals surface area (Å²) >= 11 is 0. The number of hydrogen-bond acceptors (Lipinski definition) is 5. The second-order valence-electron chi connectivity index (χ2n) is 5.34. The van der Waals surface area contributed by atoms with E-state index in [1.807, 2.05) is 32.0 Å². The van der Waals surface area contributed by atoms with Crippen LogP contribution in [0, 0.1) is 0 Å². The van der Waals surface area contributed by atoms with E-state index in [1.165, 1.54) is 0 Å². The first-order chi connectivity index (χ1) is 10.2. The van der Waals surface area contributed by atoms with Gasteiger partial charge in [0.05, 0.1) is 25.5 Å². The lowest BCUT2D eigenvalue weighted by molar-refractivity contribution is 0.0553. The van der Waals surface area contributed by atoms with Gasteiger partial charge in [-0.05, 0) is 26.0 Å². The second-order valence-corrected chi connectivity index (χ2v) is 5.34. The molecule has 0 unspecified atom stereocenters. The summed E-state index contributed by atoms with van der Waals surface area (Å²) in [6.45, 7) is 9.16. The number of methoxy groups -OCH3 is 1. The van der Waals surface area contributed by atoms with Crippen LogP contribution >= 0.6 is 0 Å². The molecule has 0 radical (unpaired) electrons. The van der Waals surface area contributed by atoms with Crippen LogP contribution in [0.25, 0.3) is 0 Å². The zero-order valence-corrected chi connectivity index (χ0v) is 13.2. The maximum Gasteiger partial charge on any atom is 0.142 e. The fourth-order valence-corrected chi connectivity index (χ4v) is 2.33. The topological polar surface area (TPSA) is 43.0 Å². The molecule has 21 heavy (non-hydrogen) atoms. The average molecular weight is 294 g/mol. The largest absolute Gasteiger partial charge is 0.497 e. The van der Waals surface area contributed by atoms with Gasteiger partial charge in [-0.3, -0.25) is 0 Å². The summed E-state index contributed by atoms with van der Waals surface area (Å²) in [5, 5.41) is 3.36. The van der Waals surface area contributed by atoms with Crippen molar-refractivity contribution < 1.29 is 14.2 Å². The lowest BCUT2D eigenvalue weighted by Crippen LogP contribution is -2.43. The maximum absolute atomic E-state index is 5.90. The van der Waals surface area contributed by atoms with Crippen molar-refractivity contribution in [3.05, 3.63) is 18.2 Å². The van der Waals surface area contributed by atoms with Gasteiger partial charge in [-0.1, -0.05) is 0 Å². The third-order valence-corrected chi connectivity index (χ3v) is 3.42. The molecular formula is C16H26N2O3. The predicted molar refractivity (Wildman–Crippen MR) is 84.7 cm³/mol. The highest BCUT2D eigenvalue weighted by Gasteiger charge is 2.16. The first-order valence-electron chi connectivity index (χ1n) is 7.59. The fraction of sp³-hybridized carbons (Fsp3) is 0.625. The van der Waals surface area contributed by atoms with Crippen molar-refractivity contribution in [1.29, 1.82) is 0 Å². The Morgan fingerprint density at radius 1 is 1.19 bits per heavy atom. The highest BCUT2D eigenvalue weighted by Crippen LogP contribution is 2.32. The number of piperazine rings is 1. The van der Waals surface area contributed by atoms with E-state index in [1.54, 1.807) is 7.11 Å². The Morgan fingerprint density at radius 3 is 2.62 bits per heavy atom. The van der Waals surface area contributed by atoms with Crippen LogP contribution in [0.5, 0.6) is 11.5 Å². The summed E-state index contributed by atoms with van der Waals surface area (Å²) < 4.78 is 16.8. The highest BCUT2D eigenvalue weighted by atomic mass is 16.5. The van der Waals surface area contributed by atoms with Crippen molar-refractivity contribution in [2.75, 3.05) is 51.4 Å². The first kappa shape index (κ1) is 15.9.